The molecule has 0 saturated heterocycles. The molecular weight excluding hydrogens is 200 g/mol. The van der Waals surface area contributed by atoms with Gasteiger partial charge >= 0.3 is 6.09 Å². The predicted molar refractivity (Wildman–Crippen MR) is 57.4 cm³/mol. The van der Waals surface area contributed by atoms with Crippen LogP contribution in [-0.2, 0) is 0 Å². The second-order valence-electron chi connectivity index (χ2n) is 2.53. The van der Waals surface area contributed by atoms with Crippen molar-refractivity contribution >= 4 is 23.3 Å². The molecule has 0 unspecified atom stereocenters. The van der Waals surface area contributed by atoms with E-state index in [1.165, 1.54) is 7.05 Å². The topological polar surface area (TPSA) is 64.3 Å². The Bertz CT molecular complexity index is 348. The molecule has 0 aliphatic heterocycles. The van der Waals surface area contributed by atoms with Gasteiger partial charge in [0.15, 0.2) is 0 Å². The maximum Gasteiger partial charge on any atom is 0.412 e. The highest BCUT2D eigenvalue weighted by Crippen LogP contribution is 2.11. The van der Waals surface area contributed by atoms with E-state index in [0.29, 0.717) is 10.7 Å². The molecule has 0 aliphatic rings. The van der Waals surface area contributed by atoms with Crippen LogP contribution in [0.25, 0.3) is 0 Å². The molecule has 3 N–H and O–H groups in total. The third-order valence-corrected chi connectivity index (χ3v) is 1.79. The molecule has 0 spiro atoms. The second-order valence-corrected chi connectivity index (χ2v) is 2.97. The van der Waals surface area contributed by atoms with Crippen molar-refractivity contribution in [1.29, 1.82) is 0 Å². The Morgan fingerprint density at radius 3 is 2.43 bits per heavy atom. The van der Waals surface area contributed by atoms with Gasteiger partial charge in [0, 0.05) is 12.6 Å². The lowest BCUT2D eigenvalue weighted by Crippen LogP contribution is -2.22. The van der Waals surface area contributed by atoms with Crippen LogP contribution in [0, 0.1) is 0 Å². The molecule has 74 valence electrons. The Morgan fingerprint density at radius 1 is 1.43 bits per heavy atom. The number of hydrogen-bond donors (Lipinski definition) is 2. The van der Waals surface area contributed by atoms with Gasteiger partial charge in [0.25, 0.3) is 0 Å². The molecule has 1 aromatic rings. The summed E-state index contributed by atoms with van der Waals surface area (Å²) in [5.74, 6) is 0.448. The lowest BCUT2D eigenvalue weighted by atomic mass is 10.2. The highest BCUT2D eigenvalue weighted by atomic mass is 32.1. The van der Waals surface area contributed by atoms with E-state index in [4.69, 9.17) is 22.7 Å². The number of thiocarbonyl (C=S) groups is 1. The third-order valence-electron chi connectivity index (χ3n) is 1.55. The Hall–Kier alpha value is -1.62. The Labute approximate surface area is 87.0 Å². The van der Waals surface area contributed by atoms with Crippen LogP contribution < -0.4 is 15.8 Å². The Morgan fingerprint density at radius 2 is 2.00 bits per heavy atom. The minimum Gasteiger partial charge on any atom is -0.410 e. The Balaban J connectivity index is 2.73. The summed E-state index contributed by atoms with van der Waals surface area (Å²) in [6.07, 6.45) is -0.506. The van der Waals surface area contributed by atoms with Crippen molar-refractivity contribution in [2.45, 2.75) is 0 Å². The number of nitrogens with one attached hydrogen (secondary N) is 1. The van der Waals surface area contributed by atoms with Crippen LogP contribution in [0.2, 0.25) is 0 Å². The lowest BCUT2D eigenvalue weighted by molar-refractivity contribution is 0.203. The summed E-state index contributed by atoms with van der Waals surface area (Å²) in [5.41, 5.74) is 6.14. The zero-order valence-electron chi connectivity index (χ0n) is 7.61. The largest absolute Gasteiger partial charge is 0.412 e. The van der Waals surface area contributed by atoms with Gasteiger partial charge in [-0.05, 0) is 24.3 Å². The summed E-state index contributed by atoms with van der Waals surface area (Å²) in [7, 11) is 1.49. The first kappa shape index (κ1) is 10.5. The maximum absolute atomic E-state index is 10.8. The average Bonchev–Trinajstić information content (AvgIpc) is 2.18. The first-order valence-electron chi connectivity index (χ1n) is 3.93. The van der Waals surface area contributed by atoms with Crippen LogP contribution in [-0.4, -0.2) is 18.1 Å². The van der Waals surface area contributed by atoms with E-state index >= 15 is 0 Å². The first-order chi connectivity index (χ1) is 6.63. The van der Waals surface area contributed by atoms with Crippen molar-refractivity contribution in [2.75, 3.05) is 7.05 Å². The molecule has 0 heterocycles. The predicted octanol–water partition coefficient (Wildman–Crippen LogP) is 1.04. The molecule has 4 nitrogen and oxygen atoms in total. The lowest BCUT2D eigenvalue weighted by Gasteiger charge is -2.03. The van der Waals surface area contributed by atoms with Crippen LogP contribution >= 0.6 is 12.2 Å². The summed E-state index contributed by atoms with van der Waals surface area (Å²) in [4.78, 5) is 11.1. The summed E-state index contributed by atoms with van der Waals surface area (Å²) in [6.45, 7) is 0. The molecule has 0 fully saturated rings. The molecule has 1 aromatic carbocycles. The van der Waals surface area contributed by atoms with Crippen LogP contribution in [0.15, 0.2) is 24.3 Å². The average molecular weight is 210 g/mol. The monoisotopic (exact) mass is 210 g/mol. The van der Waals surface area contributed by atoms with Gasteiger partial charge < -0.3 is 15.8 Å². The zero-order valence-corrected chi connectivity index (χ0v) is 8.43. The first-order valence-corrected chi connectivity index (χ1v) is 4.33. The van der Waals surface area contributed by atoms with Gasteiger partial charge in [-0.25, -0.2) is 4.79 Å². The van der Waals surface area contributed by atoms with Gasteiger partial charge in [-0.3, -0.25) is 0 Å². The normalized spacial score (nSPS) is 9.21. The number of rotatable bonds is 2. The SMILES string of the molecule is CNC(=O)Oc1ccc(C(N)=S)cc1. The molecule has 0 radical (unpaired) electrons. The van der Waals surface area contributed by atoms with Crippen molar-refractivity contribution in [2.24, 2.45) is 5.73 Å². The van der Waals surface area contributed by atoms with E-state index in [1.807, 2.05) is 0 Å². The number of benzene rings is 1. The smallest absolute Gasteiger partial charge is 0.410 e. The highest BCUT2D eigenvalue weighted by molar-refractivity contribution is 7.80. The summed E-state index contributed by atoms with van der Waals surface area (Å²) < 4.78 is 4.86. The number of amides is 1. The molecule has 0 atom stereocenters. The van der Waals surface area contributed by atoms with Crippen molar-refractivity contribution in [1.82, 2.24) is 5.32 Å². The summed E-state index contributed by atoms with van der Waals surface area (Å²) in [5, 5.41) is 2.34. The summed E-state index contributed by atoms with van der Waals surface area (Å²) >= 11 is 4.77. The van der Waals surface area contributed by atoms with Gasteiger partial charge in [-0.2, -0.15) is 0 Å². The van der Waals surface area contributed by atoms with E-state index < -0.39 is 6.09 Å². The van der Waals surface area contributed by atoms with Gasteiger partial charge in [0.1, 0.15) is 10.7 Å². The van der Waals surface area contributed by atoms with Crippen molar-refractivity contribution < 1.29 is 9.53 Å². The quantitative estimate of drug-likeness (QED) is 0.716. The fourth-order valence-corrected chi connectivity index (χ4v) is 0.981. The van der Waals surface area contributed by atoms with Crippen LogP contribution in [0.1, 0.15) is 5.56 Å². The number of carbonyl (C=O) groups excluding carboxylic acids is 1. The van der Waals surface area contributed by atoms with Gasteiger partial charge in [-0.15, -0.1) is 0 Å². The van der Waals surface area contributed by atoms with Crippen molar-refractivity contribution in [3.63, 3.8) is 0 Å². The molecule has 14 heavy (non-hydrogen) atoms. The Kier molecular flexibility index (Phi) is 3.41. The molecule has 0 bridgehead atoms. The summed E-state index contributed by atoms with van der Waals surface area (Å²) in [6, 6.07) is 6.65. The molecule has 5 heteroatoms. The van der Waals surface area contributed by atoms with Gasteiger partial charge in [-0.1, -0.05) is 12.2 Å². The van der Waals surface area contributed by atoms with Crippen LogP contribution in [0.3, 0.4) is 0 Å². The number of nitrogens with two attached hydrogens (primary N) is 1. The van der Waals surface area contributed by atoms with E-state index in [-0.39, 0.29) is 0 Å². The minimum atomic E-state index is -0.506. The van der Waals surface area contributed by atoms with Crippen LogP contribution in [0.4, 0.5) is 4.79 Å². The fourth-order valence-electron chi connectivity index (χ4n) is 0.845. The zero-order chi connectivity index (χ0) is 10.6. The molecular formula is C9H10N2O2S. The van der Waals surface area contributed by atoms with E-state index in [0.717, 1.165) is 5.56 Å². The van der Waals surface area contributed by atoms with Crippen molar-refractivity contribution in [3.05, 3.63) is 29.8 Å². The molecule has 1 amide bonds. The highest BCUT2D eigenvalue weighted by Gasteiger charge is 2.01. The van der Waals surface area contributed by atoms with Crippen LogP contribution in [0.5, 0.6) is 5.75 Å². The van der Waals surface area contributed by atoms with Gasteiger partial charge in [0.05, 0.1) is 0 Å². The number of carbonyl (C=O) groups is 1. The molecule has 1 rings (SSSR count). The number of hydrogen-bond acceptors (Lipinski definition) is 3. The standard InChI is InChI=1S/C9H10N2O2S/c1-11-9(12)13-7-4-2-6(3-5-7)8(10)14/h2-5H,1H3,(H2,10,14)(H,11,12). The minimum absolute atomic E-state index is 0.316. The van der Waals surface area contributed by atoms with E-state index in [1.54, 1.807) is 24.3 Å². The molecule has 0 aromatic heterocycles. The molecule has 0 aliphatic carbocycles. The maximum atomic E-state index is 10.8. The fraction of sp³-hybridized carbons (Fsp3) is 0.111. The second kappa shape index (κ2) is 4.57. The molecule has 0 saturated carbocycles. The third kappa shape index (κ3) is 2.70. The van der Waals surface area contributed by atoms with E-state index in [2.05, 4.69) is 5.32 Å². The van der Waals surface area contributed by atoms with E-state index in [9.17, 15) is 4.79 Å². The van der Waals surface area contributed by atoms with Gasteiger partial charge in [0.2, 0.25) is 0 Å². The number of ether oxygens (including phenoxy) is 1. The van der Waals surface area contributed by atoms with Crippen molar-refractivity contribution in [3.8, 4) is 5.75 Å².